The number of aryl methyl sites for hydroxylation is 1. The fourth-order valence-electron chi connectivity index (χ4n) is 3.72. The average molecular weight is 383 g/mol. The van der Waals surface area contributed by atoms with Gasteiger partial charge in [0.15, 0.2) is 0 Å². The zero-order valence-electron chi connectivity index (χ0n) is 16.4. The molecule has 1 aliphatic carbocycles. The van der Waals surface area contributed by atoms with E-state index in [2.05, 4.69) is 16.8 Å². The third-order valence-corrected chi connectivity index (χ3v) is 5.38. The fraction of sp³-hybridized carbons (Fsp3) is 0.409. The van der Waals surface area contributed by atoms with E-state index < -0.39 is 6.17 Å². The summed E-state index contributed by atoms with van der Waals surface area (Å²) in [6.45, 7) is 1.72. The second-order valence-corrected chi connectivity index (χ2v) is 7.28. The number of alkyl halides is 1. The van der Waals surface area contributed by atoms with Crippen LogP contribution < -0.4 is 10.6 Å². The van der Waals surface area contributed by atoms with Crippen LogP contribution >= 0.6 is 0 Å². The third kappa shape index (κ3) is 4.21. The van der Waals surface area contributed by atoms with Gasteiger partial charge in [0.1, 0.15) is 6.17 Å². The number of carbonyl (C=O) groups is 2. The number of hydrogen-bond donors (Lipinski definition) is 1. The molecule has 0 saturated heterocycles. The molecule has 0 bridgehead atoms. The molecule has 1 atom stereocenters. The molecular weight excluding hydrogens is 357 g/mol. The number of aromatic nitrogens is 1. The monoisotopic (exact) mass is 383 g/mol. The van der Waals surface area contributed by atoms with Crippen LogP contribution in [0.4, 0.5) is 10.1 Å². The van der Waals surface area contributed by atoms with Gasteiger partial charge in [0.25, 0.3) is 0 Å². The molecule has 5 nitrogen and oxygen atoms in total. The summed E-state index contributed by atoms with van der Waals surface area (Å²) in [5.41, 5.74) is 11.3. The van der Waals surface area contributed by atoms with Gasteiger partial charge in [-0.2, -0.15) is 0 Å². The Morgan fingerprint density at radius 1 is 1.25 bits per heavy atom. The molecule has 2 N–H and O–H groups in total. The summed E-state index contributed by atoms with van der Waals surface area (Å²) >= 11 is 0. The Hall–Kier alpha value is -2.76. The predicted octanol–water partition coefficient (Wildman–Crippen LogP) is 3.37. The minimum atomic E-state index is -0.747. The summed E-state index contributed by atoms with van der Waals surface area (Å²) in [6, 6.07) is 6.23. The van der Waals surface area contributed by atoms with Gasteiger partial charge in [-0.05, 0) is 53.6 Å². The Kier molecular flexibility index (Phi) is 6.07. The molecule has 2 aliphatic rings. The van der Waals surface area contributed by atoms with E-state index in [0.717, 1.165) is 35.2 Å². The van der Waals surface area contributed by atoms with Crippen molar-refractivity contribution in [2.24, 2.45) is 5.73 Å². The van der Waals surface area contributed by atoms with Gasteiger partial charge in [-0.3, -0.25) is 14.6 Å². The van der Waals surface area contributed by atoms with Crippen molar-refractivity contribution in [1.82, 2.24) is 4.98 Å². The summed E-state index contributed by atoms with van der Waals surface area (Å²) in [4.78, 5) is 27.5. The molecule has 28 heavy (non-hydrogen) atoms. The van der Waals surface area contributed by atoms with Crippen molar-refractivity contribution >= 4 is 17.5 Å². The van der Waals surface area contributed by atoms with E-state index in [-0.39, 0.29) is 11.8 Å². The number of pyridine rings is 1. The molecule has 0 fully saturated rings. The van der Waals surface area contributed by atoms with Crippen molar-refractivity contribution in [1.29, 1.82) is 0 Å². The number of halogens is 1. The smallest absolute Gasteiger partial charge is 0.227 e. The number of rotatable bonds is 2. The Bertz CT molecular complexity index is 897. The largest absolute Gasteiger partial charge is 0.370 e. The number of anilines is 1. The standard InChI is InChI=1S/C19H19FN2O.C3H7NO/c1-22-18-6-2-12(8-13(18)3-7-19(22)23)17-11-21-10-14-9-15(20)4-5-16(14)17;1-2-3(4)5/h2,6,8,10-11,15H,3-5,7,9H2,1H3;2H2,1H3,(H2,4,5)/t15-;/m1./s1. The lowest BCUT2D eigenvalue weighted by Gasteiger charge is -2.27. The second-order valence-electron chi connectivity index (χ2n) is 7.28. The van der Waals surface area contributed by atoms with E-state index in [4.69, 9.17) is 0 Å². The highest BCUT2D eigenvalue weighted by molar-refractivity contribution is 5.96. The lowest BCUT2D eigenvalue weighted by molar-refractivity contribution is -0.119. The van der Waals surface area contributed by atoms with Gasteiger partial charge in [0.2, 0.25) is 11.8 Å². The first-order chi connectivity index (χ1) is 13.4. The van der Waals surface area contributed by atoms with Crippen molar-refractivity contribution in [2.45, 2.75) is 51.6 Å². The van der Waals surface area contributed by atoms with Crippen LogP contribution in [0.2, 0.25) is 0 Å². The molecule has 4 rings (SSSR count). The van der Waals surface area contributed by atoms with Crippen LogP contribution in [0.25, 0.3) is 11.1 Å². The molecule has 2 aromatic rings. The summed E-state index contributed by atoms with van der Waals surface area (Å²) in [6.07, 6.45) is 6.55. The van der Waals surface area contributed by atoms with E-state index in [1.165, 1.54) is 11.1 Å². The van der Waals surface area contributed by atoms with Crippen LogP contribution in [0.3, 0.4) is 0 Å². The van der Waals surface area contributed by atoms with Crippen molar-refractivity contribution in [3.05, 3.63) is 47.3 Å². The molecule has 2 heterocycles. The maximum Gasteiger partial charge on any atom is 0.227 e. The zero-order chi connectivity index (χ0) is 20.3. The number of nitrogens with two attached hydrogens (primary N) is 1. The van der Waals surface area contributed by atoms with E-state index >= 15 is 0 Å². The van der Waals surface area contributed by atoms with E-state index in [1.807, 2.05) is 25.4 Å². The first kappa shape index (κ1) is 20.0. The number of carbonyl (C=O) groups excluding carboxylic acids is 2. The Morgan fingerprint density at radius 2 is 2.00 bits per heavy atom. The van der Waals surface area contributed by atoms with Gasteiger partial charge in [-0.25, -0.2) is 4.39 Å². The van der Waals surface area contributed by atoms with E-state index in [9.17, 15) is 14.0 Å². The third-order valence-electron chi connectivity index (χ3n) is 5.38. The van der Waals surface area contributed by atoms with Crippen LogP contribution in [0.15, 0.2) is 30.6 Å². The molecule has 0 radical (unpaired) electrons. The summed E-state index contributed by atoms with van der Waals surface area (Å²) in [5, 5.41) is 0. The first-order valence-electron chi connectivity index (χ1n) is 9.68. The first-order valence-corrected chi connectivity index (χ1v) is 9.68. The van der Waals surface area contributed by atoms with Crippen molar-refractivity contribution in [3.63, 3.8) is 0 Å². The van der Waals surface area contributed by atoms with Gasteiger partial charge in [-0.1, -0.05) is 13.0 Å². The van der Waals surface area contributed by atoms with Gasteiger partial charge in [0.05, 0.1) is 0 Å². The molecule has 1 aromatic carbocycles. The highest BCUT2D eigenvalue weighted by atomic mass is 19.1. The topological polar surface area (TPSA) is 76.3 Å². The Labute approximate surface area is 164 Å². The number of benzene rings is 1. The van der Waals surface area contributed by atoms with Gasteiger partial charge in [-0.15, -0.1) is 0 Å². The normalized spacial score (nSPS) is 17.9. The van der Waals surface area contributed by atoms with E-state index in [1.54, 1.807) is 18.0 Å². The lowest BCUT2D eigenvalue weighted by atomic mass is 9.86. The van der Waals surface area contributed by atoms with Gasteiger partial charge >= 0.3 is 0 Å². The van der Waals surface area contributed by atoms with Crippen molar-refractivity contribution in [2.75, 3.05) is 11.9 Å². The van der Waals surface area contributed by atoms with Crippen LogP contribution in [0.1, 0.15) is 42.9 Å². The summed E-state index contributed by atoms with van der Waals surface area (Å²) in [5.74, 6) is -0.0806. The van der Waals surface area contributed by atoms with Crippen LogP contribution in [0.5, 0.6) is 0 Å². The number of amides is 2. The number of fused-ring (bicyclic) bond motifs is 2. The lowest BCUT2D eigenvalue weighted by Crippen LogP contribution is -2.31. The molecule has 0 saturated carbocycles. The zero-order valence-corrected chi connectivity index (χ0v) is 16.4. The van der Waals surface area contributed by atoms with Crippen LogP contribution in [-0.4, -0.2) is 30.0 Å². The Morgan fingerprint density at radius 3 is 2.71 bits per heavy atom. The molecule has 148 valence electrons. The molecule has 1 aromatic heterocycles. The molecule has 2 amide bonds. The number of nitrogens with zero attached hydrogens (tertiary/aromatic N) is 2. The maximum absolute atomic E-state index is 13.6. The number of primary amides is 1. The van der Waals surface area contributed by atoms with Crippen molar-refractivity contribution < 1.29 is 14.0 Å². The molecule has 0 spiro atoms. The molecule has 6 heteroatoms. The molecular formula is C22H26FN3O2. The highest BCUT2D eigenvalue weighted by Crippen LogP contribution is 2.35. The summed E-state index contributed by atoms with van der Waals surface area (Å²) in [7, 11) is 1.83. The van der Waals surface area contributed by atoms with Gasteiger partial charge in [0, 0.05) is 50.0 Å². The highest BCUT2D eigenvalue weighted by Gasteiger charge is 2.24. The maximum atomic E-state index is 13.6. The predicted molar refractivity (Wildman–Crippen MR) is 108 cm³/mol. The van der Waals surface area contributed by atoms with Crippen LogP contribution in [0, 0.1) is 0 Å². The van der Waals surface area contributed by atoms with Gasteiger partial charge < -0.3 is 10.6 Å². The minimum Gasteiger partial charge on any atom is -0.370 e. The average Bonchev–Trinajstić information content (AvgIpc) is 2.70. The van der Waals surface area contributed by atoms with E-state index in [0.29, 0.717) is 25.7 Å². The molecule has 0 unspecified atom stereocenters. The minimum absolute atomic E-state index is 0.165. The second kappa shape index (κ2) is 8.50. The number of hydrogen-bond acceptors (Lipinski definition) is 3. The van der Waals surface area contributed by atoms with Crippen molar-refractivity contribution in [3.8, 4) is 11.1 Å². The fourth-order valence-corrected chi connectivity index (χ4v) is 3.72. The quantitative estimate of drug-likeness (QED) is 0.864. The Balaban J connectivity index is 0.000000403. The van der Waals surface area contributed by atoms with Crippen LogP contribution in [-0.2, 0) is 28.9 Å². The summed E-state index contributed by atoms with van der Waals surface area (Å²) < 4.78 is 13.6. The molecule has 1 aliphatic heterocycles. The SMILES string of the molecule is CCC(N)=O.CN1C(=O)CCc2cc(-c3cncc4c3CC[C@@H](F)C4)ccc21.